The van der Waals surface area contributed by atoms with Gasteiger partial charge in [0.25, 0.3) is 15.8 Å². The van der Waals surface area contributed by atoms with Crippen LogP contribution >= 0.6 is 0 Å². The Morgan fingerprint density at radius 1 is 1.10 bits per heavy atom. The number of allylic oxidation sites excluding steroid dienone is 3. The van der Waals surface area contributed by atoms with Crippen molar-refractivity contribution in [1.82, 2.24) is 4.90 Å². The molecule has 0 fully saturated rings. The van der Waals surface area contributed by atoms with Crippen molar-refractivity contribution in [1.29, 1.82) is 0 Å². The van der Waals surface area contributed by atoms with Crippen molar-refractivity contribution in [3.8, 4) is 0 Å². The summed E-state index contributed by atoms with van der Waals surface area (Å²) in [5, 5.41) is 17.3. The summed E-state index contributed by atoms with van der Waals surface area (Å²) in [5.41, 5.74) is 8.88. The molecule has 0 bridgehead atoms. The van der Waals surface area contributed by atoms with Crippen LogP contribution in [-0.4, -0.2) is 63.6 Å². The number of rotatable bonds is 6. The van der Waals surface area contributed by atoms with Gasteiger partial charge < -0.3 is 20.6 Å². The van der Waals surface area contributed by atoms with Gasteiger partial charge in [0.15, 0.2) is 0 Å². The molecule has 0 saturated heterocycles. The molecule has 1 aliphatic carbocycles. The summed E-state index contributed by atoms with van der Waals surface area (Å²) >= 11 is 0. The second-order valence-corrected chi connectivity index (χ2v) is 7.06. The number of carboxylic acids is 2. The minimum Gasteiger partial charge on any atom is -0.478 e. The Labute approximate surface area is 167 Å². The molecule has 0 saturated carbocycles. The lowest BCUT2D eigenvalue weighted by Crippen LogP contribution is -2.22. The minimum absolute atomic E-state index is 0.718. The fourth-order valence-electron chi connectivity index (χ4n) is 2.58. The van der Waals surface area contributed by atoms with Gasteiger partial charge in [0.1, 0.15) is 4.90 Å². The van der Waals surface area contributed by atoms with E-state index in [9.17, 15) is 18.0 Å². The third kappa shape index (κ3) is 6.39. The van der Waals surface area contributed by atoms with Gasteiger partial charge in [0.05, 0.1) is 17.5 Å². The maximum absolute atomic E-state index is 10.9. The number of hydrogen-bond acceptors (Lipinski definition) is 5. The highest BCUT2D eigenvalue weighted by atomic mass is 32.2. The zero-order chi connectivity index (χ0) is 22.2. The maximum atomic E-state index is 10.9. The molecule has 156 valence electrons. The largest absolute Gasteiger partial charge is 0.478 e. The lowest BCUT2D eigenvalue weighted by atomic mass is 10.1. The van der Waals surface area contributed by atoms with Crippen molar-refractivity contribution in [2.45, 2.75) is 25.2 Å². The highest BCUT2D eigenvalue weighted by molar-refractivity contribution is 7.86. The maximum Gasteiger partial charge on any atom is 0.337 e. The third-order valence-corrected chi connectivity index (χ3v) is 4.91. The number of benzene rings is 1. The van der Waals surface area contributed by atoms with E-state index >= 15 is 0 Å². The monoisotopic (exact) mass is 423 g/mol. The van der Waals surface area contributed by atoms with Crippen LogP contribution in [0.25, 0.3) is 5.53 Å². The Morgan fingerprint density at radius 3 is 1.93 bits per heavy atom. The molecular formula is C18H21N3O7S. The van der Waals surface area contributed by atoms with E-state index in [0.717, 1.165) is 43.4 Å². The second-order valence-electron chi connectivity index (χ2n) is 5.70. The summed E-state index contributed by atoms with van der Waals surface area (Å²) in [4.78, 5) is 25.7. The molecule has 1 aliphatic rings. The van der Waals surface area contributed by atoms with E-state index in [-0.39, 0.29) is 0 Å². The molecule has 29 heavy (non-hydrogen) atoms. The fraction of sp³-hybridized carbons (Fsp3) is 0.278. The predicted octanol–water partition coefficient (Wildman–Crippen LogP) is 2.17. The van der Waals surface area contributed by atoms with E-state index in [4.69, 9.17) is 20.3 Å². The molecule has 0 amide bonds. The lowest BCUT2D eigenvalue weighted by molar-refractivity contribution is -0.00548. The average Bonchev–Trinajstić information content (AvgIpc) is 2.68. The first kappa shape index (κ1) is 23.8. The van der Waals surface area contributed by atoms with Crippen LogP contribution in [0.5, 0.6) is 0 Å². The van der Waals surface area contributed by atoms with Crippen LogP contribution in [0, 0.1) is 0 Å². The lowest BCUT2D eigenvalue weighted by Gasteiger charge is -2.22. The van der Waals surface area contributed by atoms with Gasteiger partial charge in [-0.2, -0.15) is 13.2 Å². The number of hydrogen-bond donors (Lipinski definition) is 3. The fourth-order valence-corrected chi connectivity index (χ4v) is 3.44. The van der Waals surface area contributed by atoms with Gasteiger partial charge in [-0.25, -0.2) is 9.59 Å². The van der Waals surface area contributed by atoms with Crippen LogP contribution in [0.4, 0.5) is 0 Å². The zero-order valence-corrected chi connectivity index (χ0v) is 16.6. The predicted molar refractivity (Wildman–Crippen MR) is 104 cm³/mol. The standard InChI is InChI=1S/C10H15N3.C8H6O7S/c1-3-13(4-2)10-7-5-9(12-11)6-8-10;9-7(10)4-2-1-3-5(8(11)12)6(4)16(13,14)15/h5,7-8H,3-4,6H2,1-2H3;1-3H,(H,9,10)(H,11,12)(H,13,14,15). The van der Waals surface area contributed by atoms with Gasteiger partial charge >= 0.3 is 11.9 Å². The van der Waals surface area contributed by atoms with Crippen molar-refractivity contribution in [2.24, 2.45) is 0 Å². The zero-order valence-electron chi connectivity index (χ0n) is 15.8. The van der Waals surface area contributed by atoms with Crippen molar-refractivity contribution in [2.75, 3.05) is 13.1 Å². The van der Waals surface area contributed by atoms with E-state index < -0.39 is 38.1 Å². The molecule has 1 aromatic carbocycles. The Morgan fingerprint density at radius 2 is 1.62 bits per heavy atom. The highest BCUT2D eigenvalue weighted by Crippen LogP contribution is 2.21. The van der Waals surface area contributed by atoms with Gasteiger partial charge in [-0.3, -0.25) is 4.55 Å². The van der Waals surface area contributed by atoms with E-state index in [0.29, 0.717) is 0 Å². The van der Waals surface area contributed by atoms with Crippen LogP contribution in [0.15, 0.2) is 47.0 Å². The van der Waals surface area contributed by atoms with Crippen LogP contribution in [-0.2, 0) is 10.1 Å². The topological polar surface area (TPSA) is 169 Å². The Balaban J connectivity index is 0.000000296. The first-order valence-corrected chi connectivity index (χ1v) is 9.91. The summed E-state index contributed by atoms with van der Waals surface area (Å²) in [6.07, 6.45) is 6.65. The number of nitrogens with zero attached hydrogens (tertiary/aromatic N) is 3. The minimum atomic E-state index is -4.92. The van der Waals surface area contributed by atoms with Gasteiger partial charge in [-0.1, -0.05) is 6.07 Å². The molecule has 2 rings (SSSR count). The van der Waals surface area contributed by atoms with Crippen molar-refractivity contribution >= 4 is 27.8 Å². The summed E-state index contributed by atoms with van der Waals surface area (Å²) in [5.74, 6) is -3.29. The molecular weight excluding hydrogens is 402 g/mol. The highest BCUT2D eigenvalue weighted by Gasteiger charge is 2.27. The number of carboxylic acid groups (broad SMARTS) is 2. The molecule has 0 radical (unpaired) electrons. The van der Waals surface area contributed by atoms with E-state index in [2.05, 4.69) is 29.6 Å². The number of likely N-dealkylation sites (N-methyl/N-ethyl adjacent to an activating group) is 1. The second kappa shape index (κ2) is 10.3. The summed E-state index contributed by atoms with van der Waals surface area (Å²) in [6.45, 7) is 6.29. The molecule has 0 heterocycles. The number of aromatic carboxylic acids is 2. The Kier molecular flexibility index (Phi) is 8.46. The van der Waals surface area contributed by atoms with E-state index in [1.54, 1.807) is 0 Å². The van der Waals surface area contributed by atoms with Crippen LogP contribution in [0.2, 0.25) is 0 Å². The molecule has 11 heteroatoms. The Hall–Kier alpha value is -3.27. The molecule has 3 N–H and O–H groups in total. The third-order valence-electron chi connectivity index (χ3n) is 3.96. The molecule has 0 aliphatic heterocycles. The van der Waals surface area contributed by atoms with Crippen LogP contribution < -0.4 is 0 Å². The summed E-state index contributed by atoms with van der Waals surface area (Å²) in [7, 11) is -4.92. The molecule has 0 atom stereocenters. The van der Waals surface area contributed by atoms with Crippen molar-refractivity contribution in [3.63, 3.8) is 0 Å². The summed E-state index contributed by atoms with van der Waals surface area (Å²) in [6, 6.07) is 2.84. The summed E-state index contributed by atoms with van der Waals surface area (Å²) < 4.78 is 30.6. The average molecular weight is 423 g/mol. The molecule has 0 spiro atoms. The molecule has 0 unspecified atom stereocenters. The SMILES string of the molecule is CCN(CC)C1=CCC(=[N+]=[N-])C=C1.O=C(O)c1cccc(C(=O)O)c1S(=O)(=O)O. The smallest absolute Gasteiger partial charge is 0.337 e. The first-order valence-electron chi connectivity index (χ1n) is 8.47. The van der Waals surface area contributed by atoms with E-state index in [1.165, 1.54) is 5.70 Å². The van der Waals surface area contributed by atoms with Crippen LogP contribution in [0.1, 0.15) is 41.0 Å². The molecule has 0 aromatic heterocycles. The normalized spacial score (nSPS) is 12.9. The Bertz CT molecular complexity index is 970. The first-order chi connectivity index (χ1) is 13.6. The van der Waals surface area contributed by atoms with Gasteiger partial charge in [0.2, 0.25) is 0 Å². The number of carbonyl (C=O) groups is 2. The van der Waals surface area contributed by atoms with Gasteiger partial charge in [0, 0.05) is 24.9 Å². The van der Waals surface area contributed by atoms with Crippen LogP contribution in [0.3, 0.4) is 0 Å². The quantitative estimate of drug-likeness (QED) is 0.355. The van der Waals surface area contributed by atoms with Gasteiger partial charge in [-0.15, -0.1) is 0 Å². The van der Waals surface area contributed by atoms with Crippen molar-refractivity contribution < 1.29 is 37.6 Å². The molecule has 10 nitrogen and oxygen atoms in total. The molecule has 1 aromatic rings. The van der Waals surface area contributed by atoms with E-state index in [1.807, 2.05) is 12.2 Å². The van der Waals surface area contributed by atoms with Gasteiger partial charge in [-0.05, 0) is 38.1 Å². The van der Waals surface area contributed by atoms with Crippen molar-refractivity contribution in [3.05, 3.63) is 58.8 Å².